The number of carbonyl (C=O) groups excluding carboxylic acids is 1. The Balaban J connectivity index is 2.10. The van der Waals surface area contributed by atoms with Gasteiger partial charge in [0.2, 0.25) is 0 Å². The second-order valence-electron chi connectivity index (χ2n) is 4.54. The Labute approximate surface area is 102 Å². The molecular weight excluding hydrogens is 212 g/mol. The molecule has 0 heterocycles. The lowest BCUT2D eigenvalue weighted by Gasteiger charge is -2.24. The molecule has 0 unspecified atom stereocenters. The number of nitrogens with zero attached hydrogens (tertiary/aromatic N) is 2. The van der Waals surface area contributed by atoms with Crippen LogP contribution < -0.4 is 0 Å². The largest absolute Gasteiger partial charge is 0.339 e. The van der Waals surface area contributed by atoms with E-state index in [0.717, 1.165) is 12.8 Å². The Kier molecular flexibility index (Phi) is 3.43. The van der Waals surface area contributed by atoms with Gasteiger partial charge in [-0.15, -0.1) is 0 Å². The summed E-state index contributed by atoms with van der Waals surface area (Å²) in [6.45, 7) is 0. The van der Waals surface area contributed by atoms with Gasteiger partial charge in [0.05, 0.1) is 11.6 Å². The highest BCUT2D eigenvalue weighted by Crippen LogP contribution is 2.23. The number of benzene rings is 1. The van der Waals surface area contributed by atoms with Crippen LogP contribution in [-0.4, -0.2) is 23.9 Å². The number of amides is 1. The van der Waals surface area contributed by atoms with E-state index >= 15 is 0 Å². The first kappa shape index (κ1) is 11.7. The maximum atomic E-state index is 12.2. The number of hydrogen-bond donors (Lipinski definition) is 0. The second kappa shape index (κ2) is 5.01. The van der Waals surface area contributed by atoms with Crippen molar-refractivity contribution in [2.75, 3.05) is 7.05 Å². The van der Waals surface area contributed by atoms with Crippen LogP contribution in [0.4, 0.5) is 0 Å². The van der Waals surface area contributed by atoms with Gasteiger partial charge in [0, 0.05) is 18.7 Å². The molecule has 0 aromatic heterocycles. The molecule has 1 saturated carbocycles. The van der Waals surface area contributed by atoms with Gasteiger partial charge in [-0.1, -0.05) is 12.8 Å². The average Bonchev–Trinajstić information content (AvgIpc) is 2.91. The van der Waals surface area contributed by atoms with E-state index in [1.807, 2.05) is 11.9 Å². The third-order valence-corrected chi connectivity index (χ3v) is 3.45. The topological polar surface area (TPSA) is 44.1 Å². The predicted octanol–water partition coefficient (Wildman–Crippen LogP) is 2.57. The zero-order chi connectivity index (χ0) is 12.3. The summed E-state index contributed by atoms with van der Waals surface area (Å²) < 4.78 is 0. The van der Waals surface area contributed by atoms with E-state index < -0.39 is 0 Å². The quantitative estimate of drug-likeness (QED) is 0.780. The van der Waals surface area contributed by atoms with E-state index in [1.165, 1.54) is 12.8 Å². The molecule has 3 heteroatoms. The minimum atomic E-state index is 0.0568. The molecular formula is C14H16N2O. The van der Waals surface area contributed by atoms with Gasteiger partial charge in [-0.05, 0) is 37.1 Å². The summed E-state index contributed by atoms with van der Waals surface area (Å²) in [6, 6.07) is 9.28. The van der Waals surface area contributed by atoms with Crippen molar-refractivity contribution in [3.63, 3.8) is 0 Å². The number of nitriles is 1. The van der Waals surface area contributed by atoms with Gasteiger partial charge in [0.15, 0.2) is 0 Å². The van der Waals surface area contributed by atoms with Gasteiger partial charge in [0.25, 0.3) is 5.91 Å². The van der Waals surface area contributed by atoms with Gasteiger partial charge in [0.1, 0.15) is 0 Å². The Morgan fingerprint density at radius 1 is 1.29 bits per heavy atom. The van der Waals surface area contributed by atoms with Crippen molar-refractivity contribution in [3.8, 4) is 6.07 Å². The molecule has 0 saturated heterocycles. The van der Waals surface area contributed by atoms with Crippen molar-refractivity contribution < 1.29 is 4.79 Å². The van der Waals surface area contributed by atoms with E-state index in [-0.39, 0.29) is 5.91 Å². The van der Waals surface area contributed by atoms with Crippen LogP contribution in [0.25, 0.3) is 0 Å². The van der Waals surface area contributed by atoms with E-state index in [0.29, 0.717) is 17.2 Å². The average molecular weight is 228 g/mol. The molecule has 0 spiro atoms. The molecule has 0 aliphatic heterocycles. The van der Waals surface area contributed by atoms with Gasteiger partial charge in [-0.3, -0.25) is 4.79 Å². The molecule has 2 rings (SSSR count). The number of carbonyl (C=O) groups is 1. The molecule has 1 fully saturated rings. The summed E-state index contributed by atoms with van der Waals surface area (Å²) in [7, 11) is 1.87. The molecule has 1 aromatic carbocycles. The molecule has 0 N–H and O–H groups in total. The van der Waals surface area contributed by atoms with Crippen LogP contribution in [0.3, 0.4) is 0 Å². The molecule has 1 aromatic rings. The van der Waals surface area contributed by atoms with Crippen LogP contribution in [0.15, 0.2) is 24.3 Å². The summed E-state index contributed by atoms with van der Waals surface area (Å²) >= 11 is 0. The number of hydrogen-bond acceptors (Lipinski definition) is 2. The summed E-state index contributed by atoms with van der Waals surface area (Å²) in [4.78, 5) is 14.0. The fourth-order valence-corrected chi connectivity index (χ4v) is 2.35. The van der Waals surface area contributed by atoms with Gasteiger partial charge < -0.3 is 4.90 Å². The van der Waals surface area contributed by atoms with Crippen LogP contribution in [-0.2, 0) is 0 Å². The lowest BCUT2D eigenvalue weighted by Crippen LogP contribution is -2.35. The molecule has 17 heavy (non-hydrogen) atoms. The van der Waals surface area contributed by atoms with Crippen LogP contribution in [0.2, 0.25) is 0 Å². The Morgan fingerprint density at radius 3 is 2.41 bits per heavy atom. The normalized spacial score (nSPS) is 15.5. The molecule has 88 valence electrons. The zero-order valence-electron chi connectivity index (χ0n) is 10.0. The maximum absolute atomic E-state index is 12.2. The van der Waals surface area contributed by atoms with Crippen LogP contribution >= 0.6 is 0 Å². The van der Waals surface area contributed by atoms with Gasteiger partial charge in [-0.25, -0.2) is 0 Å². The highest BCUT2D eigenvalue weighted by Gasteiger charge is 2.23. The lowest BCUT2D eigenvalue weighted by molar-refractivity contribution is 0.0735. The minimum Gasteiger partial charge on any atom is -0.339 e. The van der Waals surface area contributed by atoms with Crippen molar-refractivity contribution in [1.29, 1.82) is 5.26 Å². The summed E-state index contributed by atoms with van der Waals surface area (Å²) in [5, 5.41) is 8.70. The van der Waals surface area contributed by atoms with E-state index in [9.17, 15) is 4.79 Å². The lowest BCUT2D eigenvalue weighted by atomic mass is 10.1. The SMILES string of the molecule is CN(C(=O)c1ccc(C#N)cc1)C1CCCC1. The van der Waals surface area contributed by atoms with E-state index in [2.05, 4.69) is 6.07 Å². The summed E-state index contributed by atoms with van der Waals surface area (Å²) in [6.07, 6.45) is 4.66. The molecule has 3 nitrogen and oxygen atoms in total. The molecule has 0 radical (unpaired) electrons. The van der Waals surface area contributed by atoms with Gasteiger partial charge in [-0.2, -0.15) is 5.26 Å². The zero-order valence-corrected chi connectivity index (χ0v) is 10.0. The third-order valence-electron chi connectivity index (χ3n) is 3.45. The van der Waals surface area contributed by atoms with Crippen LogP contribution in [0.5, 0.6) is 0 Å². The fourth-order valence-electron chi connectivity index (χ4n) is 2.35. The van der Waals surface area contributed by atoms with Crippen molar-refractivity contribution in [3.05, 3.63) is 35.4 Å². The maximum Gasteiger partial charge on any atom is 0.253 e. The summed E-state index contributed by atoms with van der Waals surface area (Å²) in [5.41, 5.74) is 1.25. The molecule has 0 atom stereocenters. The smallest absolute Gasteiger partial charge is 0.253 e. The Bertz CT molecular complexity index is 438. The van der Waals surface area contributed by atoms with Crippen molar-refractivity contribution in [2.24, 2.45) is 0 Å². The standard InChI is InChI=1S/C14H16N2O/c1-16(13-4-2-3-5-13)14(17)12-8-6-11(10-15)7-9-12/h6-9,13H,2-5H2,1H3. The highest BCUT2D eigenvalue weighted by atomic mass is 16.2. The van der Waals surface area contributed by atoms with Crippen LogP contribution in [0.1, 0.15) is 41.6 Å². The first-order chi connectivity index (χ1) is 8.22. The minimum absolute atomic E-state index is 0.0568. The monoisotopic (exact) mass is 228 g/mol. The number of rotatable bonds is 2. The molecule has 1 aliphatic carbocycles. The third kappa shape index (κ3) is 2.47. The fraction of sp³-hybridized carbons (Fsp3) is 0.429. The first-order valence-corrected chi connectivity index (χ1v) is 5.99. The molecule has 0 bridgehead atoms. The van der Waals surface area contributed by atoms with Crippen molar-refractivity contribution >= 4 is 5.91 Å². The van der Waals surface area contributed by atoms with Crippen molar-refractivity contribution in [1.82, 2.24) is 4.90 Å². The first-order valence-electron chi connectivity index (χ1n) is 5.99. The summed E-state index contributed by atoms with van der Waals surface area (Å²) in [5.74, 6) is 0.0568. The predicted molar refractivity (Wildman–Crippen MR) is 65.5 cm³/mol. The van der Waals surface area contributed by atoms with E-state index in [4.69, 9.17) is 5.26 Å². The van der Waals surface area contributed by atoms with Gasteiger partial charge >= 0.3 is 0 Å². The molecule has 1 aliphatic rings. The molecule has 1 amide bonds. The van der Waals surface area contributed by atoms with Crippen LogP contribution in [0, 0.1) is 11.3 Å². The second-order valence-corrected chi connectivity index (χ2v) is 4.54. The highest BCUT2D eigenvalue weighted by molar-refractivity contribution is 5.94. The van der Waals surface area contributed by atoms with E-state index in [1.54, 1.807) is 24.3 Å². The Morgan fingerprint density at radius 2 is 1.88 bits per heavy atom. The van der Waals surface area contributed by atoms with Crippen molar-refractivity contribution in [2.45, 2.75) is 31.7 Å². The Hall–Kier alpha value is -1.82.